The number of benzene rings is 2. The molecule has 0 aliphatic carbocycles. The smallest absolute Gasteiger partial charge is 0.325 e. The number of halogens is 2. The van der Waals surface area contributed by atoms with E-state index in [4.69, 9.17) is 9.47 Å². The number of urea groups is 1. The standard InChI is InChI=1S/C23H23F2N3O5/c1-2-32-20(29)12-28-11-17(16-9-13-7-8-33-19(13)10-18(16)25)21(22(28)30)27-23(31)26-15-5-3-14(24)4-6-15/h3-6,9-10,17,21H,2,7-8,11-12H2,1H3,(H2,26,27,31). The van der Waals surface area contributed by atoms with Gasteiger partial charge in [-0.25, -0.2) is 13.6 Å². The van der Waals surface area contributed by atoms with Gasteiger partial charge in [0.15, 0.2) is 0 Å². The molecule has 2 aromatic rings. The fraction of sp³-hybridized carbons (Fsp3) is 0.348. The molecule has 0 saturated carbocycles. The molecule has 2 N–H and O–H groups in total. The fourth-order valence-corrected chi connectivity index (χ4v) is 4.09. The fourth-order valence-electron chi connectivity index (χ4n) is 4.09. The number of hydrogen-bond acceptors (Lipinski definition) is 5. The van der Waals surface area contributed by atoms with Crippen LogP contribution in [0.4, 0.5) is 19.3 Å². The van der Waals surface area contributed by atoms with E-state index < -0.39 is 41.5 Å². The Balaban J connectivity index is 1.58. The minimum Gasteiger partial charge on any atom is -0.493 e. The van der Waals surface area contributed by atoms with Gasteiger partial charge in [0.1, 0.15) is 30.0 Å². The van der Waals surface area contributed by atoms with Crippen LogP contribution in [0, 0.1) is 11.6 Å². The minimum absolute atomic E-state index is 0.0235. The number of rotatable bonds is 6. The average Bonchev–Trinajstić information content (AvgIpc) is 3.34. The lowest BCUT2D eigenvalue weighted by atomic mass is 9.91. The molecule has 4 rings (SSSR count). The summed E-state index contributed by atoms with van der Waals surface area (Å²) >= 11 is 0. The normalized spacial score (nSPS) is 19.1. The van der Waals surface area contributed by atoms with Gasteiger partial charge in [-0.05, 0) is 48.4 Å². The van der Waals surface area contributed by atoms with E-state index in [1.54, 1.807) is 13.0 Å². The highest BCUT2D eigenvalue weighted by Crippen LogP contribution is 2.36. The number of carbonyl (C=O) groups excluding carboxylic acids is 3. The molecule has 33 heavy (non-hydrogen) atoms. The van der Waals surface area contributed by atoms with Gasteiger partial charge in [-0.3, -0.25) is 9.59 Å². The lowest BCUT2D eigenvalue weighted by Gasteiger charge is -2.20. The van der Waals surface area contributed by atoms with Crippen molar-refractivity contribution in [2.24, 2.45) is 0 Å². The summed E-state index contributed by atoms with van der Waals surface area (Å²) in [5.41, 5.74) is 1.39. The SMILES string of the molecule is CCOC(=O)CN1CC(c2cc3c(cc2F)OCC3)C(NC(=O)Nc2ccc(F)cc2)C1=O. The first-order valence-corrected chi connectivity index (χ1v) is 10.6. The Labute approximate surface area is 188 Å². The van der Waals surface area contributed by atoms with Crippen LogP contribution < -0.4 is 15.4 Å². The Morgan fingerprint density at radius 2 is 1.97 bits per heavy atom. The second-order valence-electron chi connectivity index (χ2n) is 7.79. The number of hydrogen-bond donors (Lipinski definition) is 2. The highest BCUT2D eigenvalue weighted by atomic mass is 19.1. The van der Waals surface area contributed by atoms with Gasteiger partial charge < -0.3 is 25.0 Å². The molecule has 0 spiro atoms. The van der Waals surface area contributed by atoms with Crippen LogP contribution in [-0.4, -0.2) is 55.2 Å². The van der Waals surface area contributed by atoms with E-state index in [1.165, 1.54) is 35.2 Å². The first-order valence-electron chi connectivity index (χ1n) is 10.6. The molecule has 174 valence electrons. The van der Waals surface area contributed by atoms with Crippen LogP contribution in [0.1, 0.15) is 24.0 Å². The van der Waals surface area contributed by atoms with Crippen molar-refractivity contribution in [3.8, 4) is 5.75 Å². The number of likely N-dealkylation sites (tertiary alicyclic amines) is 1. The van der Waals surface area contributed by atoms with Crippen molar-refractivity contribution in [1.29, 1.82) is 0 Å². The zero-order valence-corrected chi connectivity index (χ0v) is 17.9. The summed E-state index contributed by atoms with van der Waals surface area (Å²) in [5.74, 6) is -2.42. The zero-order chi connectivity index (χ0) is 23.5. The molecule has 2 unspecified atom stereocenters. The molecule has 0 bridgehead atoms. The summed E-state index contributed by atoms with van der Waals surface area (Å²) in [6, 6.07) is 6.21. The Kier molecular flexibility index (Phi) is 6.43. The van der Waals surface area contributed by atoms with Gasteiger partial charge in [0.2, 0.25) is 5.91 Å². The number of ether oxygens (including phenoxy) is 2. The van der Waals surface area contributed by atoms with Gasteiger partial charge >= 0.3 is 12.0 Å². The van der Waals surface area contributed by atoms with E-state index in [0.717, 1.165) is 5.56 Å². The highest BCUT2D eigenvalue weighted by Gasteiger charge is 2.44. The maximum absolute atomic E-state index is 15.0. The van der Waals surface area contributed by atoms with Gasteiger partial charge in [-0.15, -0.1) is 0 Å². The molecular formula is C23H23F2N3O5. The Hall–Kier alpha value is -3.69. The van der Waals surface area contributed by atoms with E-state index in [0.29, 0.717) is 24.5 Å². The molecule has 2 heterocycles. The topological polar surface area (TPSA) is 97.0 Å². The first-order chi connectivity index (χ1) is 15.9. The van der Waals surface area contributed by atoms with Gasteiger partial charge in [0.25, 0.3) is 0 Å². The molecule has 10 heteroatoms. The van der Waals surface area contributed by atoms with Crippen LogP contribution in [0.3, 0.4) is 0 Å². The molecule has 8 nitrogen and oxygen atoms in total. The first kappa shape index (κ1) is 22.5. The lowest BCUT2D eigenvalue weighted by Crippen LogP contribution is -2.46. The number of amides is 3. The van der Waals surface area contributed by atoms with Crippen molar-refractivity contribution < 1.29 is 32.6 Å². The summed E-state index contributed by atoms with van der Waals surface area (Å²) in [4.78, 5) is 38.9. The van der Waals surface area contributed by atoms with Gasteiger partial charge in [-0.1, -0.05) is 0 Å². The molecule has 2 atom stereocenters. The molecule has 0 aromatic heterocycles. The quantitative estimate of drug-likeness (QED) is 0.648. The Bertz CT molecular complexity index is 1080. The van der Waals surface area contributed by atoms with Crippen molar-refractivity contribution in [1.82, 2.24) is 10.2 Å². The molecule has 1 saturated heterocycles. The Morgan fingerprint density at radius 3 is 2.70 bits per heavy atom. The van der Waals surface area contributed by atoms with Crippen LogP contribution in [0.2, 0.25) is 0 Å². The third kappa shape index (κ3) is 4.89. The summed E-state index contributed by atoms with van der Waals surface area (Å²) in [6.45, 7) is 1.97. The maximum Gasteiger partial charge on any atom is 0.325 e. The van der Waals surface area contributed by atoms with Crippen molar-refractivity contribution in [2.45, 2.75) is 25.3 Å². The van der Waals surface area contributed by atoms with Crippen molar-refractivity contribution in [3.63, 3.8) is 0 Å². The molecule has 2 aliphatic rings. The number of carbonyl (C=O) groups is 3. The number of nitrogens with zero attached hydrogens (tertiary/aromatic N) is 1. The largest absolute Gasteiger partial charge is 0.493 e. The number of anilines is 1. The van der Waals surface area contributed by atoms with Gasteiger partial charge in [0, 0.05) is 30.6 Å². The van der Waals surface area contributed by atoms with Crippen molar-refractivity contribution in [3.05, 3.63) is 59.2 Å². The predicted octanol–water partition coefficient (Wildman–Crippen LogP) is 2.58. The summed E-state index contributed by atoms with van der Waals surface area (Å²) < 4.78 is 38.4. The number of fused-ring (bicyclic) bond motifs is 1. The second-order valence-corrected chi connectivity index (χ2v) is 7.79. The molecule has 2 aromatic carbocycles. The number of nitrogens with one attached hydrogen (secondary N) is 2. The molecule has 1 fully saturated rings. The lowest BCUT2D eigenvalue weighted by molar-refractivity contribution is -0.147. The summed E-state index contributed by atoms with van der Waals surface area (Å²) in [7, 11) is 0. The maximum atomic E-state index is 15.0. The van der Waals surface area contributed by atoms with E-state index in [1.807, 2.05) is 0 Å². The van der Waals surface area contributed by atoms with E-state index in [2.05, 4.69) is 10.6 Å². The van der Waals surface area contributed by atoms with Crippen molar-refractivity contribution in [2.75, 3.05) is 31.6 Å². The molecule has 2 aliphatic heterocycles. The van der Waals surface area contributed by atoms with Crippen molar-refractivity contribution >= 4 is 23.6 Å². The molecule has 3 amide bonds. The van der Waals surface area contributed by atoms with E-state index in [9.17, 15) is 23.2 Å². The van der Waals surface area contributed by atoms with Gasteiger partial charge in [-0.2, -0.15) is 0 Å². The summed E-state index contributed by atoms with van der Waals surface area (Å²) in [6.07, 6.45) is 0.610. The summed E-state index contributed by atoms with van der Waals surface area (Å²) in [5, 5.41) is 5.11. The predicted molar refractivity (Wildman–Crippen MR) is 114 cm³/mol. The van der Waals surface area contributed by atoms with E-state index >= 15 is 0 Å². The monoisotopic (exact) mass is 459 g/mol. The van der Waals surface area contributed by atoms with Crippen LogP contribution in [0.25, 0.3) is 0 Å². The van der Waals surface area contributed by atoms with Gasteiger partial charge in [0.05, 0.1) is 13.2 Å². The Morgan fingerprint density at radius 1 is 1.21 bits per heavy atom. The van der Waals surface area contributed by atoms with E-state index in [-0.39, 0.29) is 25.3 Å². The molecule has 0 radical (unpaired) electrons. The zero-order valence-electron chi connectivity index (χ0n) is 17.9. The highest BCUT2D eigenvalue weighted by molar-refractivity contribution is 5.96. The minimum atomic E-state index is -1.12. The molecular weight excluding hydrogens is 436 g/mol. The second kappa shape index (κ2) is 9.43. The van der Waals surface area contributed by atoms with Crippen LogP contribution >= 0.6 is 0 Å². The van der Waals surface area contributed by atoms with Crippen LogP contribution in [0.5, 0.6) is 5.75 Å². The van der Waals surface area contributed by atoms with Crippen LogP contribution in [-0.2, 0) is 20.7 Å². The van der Waals surface area contributed by atoms with Crippen LogP contribution in [0.15, 0.2) is 36.4 Å². The average molecular weight is 459 g/mol. The third-order valence-electron chi connectivity index (χ3n) is 5.62. The third-order valence-corrected chi connectivity index (χ3v) is 5.62. The number of esters is 1.